The van der Waals surface area contributed by atoms with Gasteiger partial charge in [0.25, 0.3) is 0 Å². The maximum atomic E-state index is 9.12. The first-order chi connectivity index (χ1) is 8.12. The van der Waals surface area contributed by atoms with Crippen molar-refractivity contribution in [3.8, 4) is 11.5 Å². The molecule has 1 aromatic carbocycles. The van der Waals surface area contributed by atoms with Gasteiger partial charge in [0.1, 0.15) is 0 Å². The smallest absolute Gasteiger partial charge is 0.180 e. The van der Waals surface area contributed by atoms with E-state index in [9.17, 15) is 0 Å². The van der Waals surface area contributed by atoms with E-state index in [0.29, 0.717) is 23.1 Å². The summed E-state index contributed by atoms with van der Waals surface area (Å²) in [7, 11) is 0. The van der Waals surface area contributed by atoms with Crippen LogP contribution in [0, 0.1) is 0 Å². The number of rotatable bonds is 6. The third kappa shape index (κ3) is 3.79. The molecule has 0 fully saturated rings. The fraction of sp³-hybridized carbons (Fsp3) is 0.538. The molecule has 0 aromatic heterocycles. The largest absolute Gasteiger partial charge is 0.490 e. The van der Waals surface area contributed by atoms with Crippen LogP contribution in [0.25, 0.3) is 0 Å². The summed E-state index contributed by atoms with van der Waals surface area (Å²) in [5, 5.41) is 9.59. The van der Waals surface area contributed by atoms with E-state index < -0.39 is 0 Å². The number of aliphatic hydroxyl groups excluding tert-OH is 1. The predicted octanol–water partition coefficient (Wildman–Crippen LogP) is 3.41. The Morgan fingerprint density at radius 1 is 1.35 bits per heavy atom. The zero-order valence-corrected chi connectivity index (χ0v) is 11.3. The van der Waals surface area contributed by atoms with Crippen LogP contribution in [0.5, 0.6) is 11.5 Å². The fourth-order valence-corrected chi connectivity index (χ4v) is 1.65. The summed E-state index contributed by atoms with van der Waals surface area (Å²) < 4.78 is 11.2. The molecule has 1 N–H and O–H groups in total. The third-order valence-electron chi connectivity index (χ3n) is 2.45. The van der Waals surface area contributed by atoms with Crippen molar-refractivity contribution < 1.29 is 14.6 Å². The lowest BCUT2D eigenvalue weighted by atomic mass is 10.2. The maximum Gasteiger partial charge on any atom is 0.180 e. The van der Waals surface area contributed by atoms with Crippen molar-refractivity contribution in [1.82, 2.24) is 0 Å². The zero-order valence-electron chi connectivity index (χ0n) is 10.5. The van der Waals surface area contributed by atoms with Gasteiger partial charge in [-0.1, -0.05) is 18.5 Å². The zero-order chi connectivity index (χ0) is 12.8. The molecule has 0 aliphatic rings. The summed E-state index contributed by atoms with van der Waals surface area (Å²) in [6.45, 7) is 6.38. The first-order valence-corrected chi connectivity index (χ1v) is 6.22. The minimum Gasteiger partial charge on any atom is -0.490 e. The van der Waals surface area contributed by atoms with Gasteiger partial charge in [0, 0.05) is 0 Å². The second-order valence-corrected chi connectivity index (χ2v) is 4.24. The van der Waals surface area contributed by atoms with Crippen molar-refractivity contribution in [2.24, 2.45) is 0 Å². The molecule has 0 spiro atoms. The quantitative estimate of drug-likeness (QED) is 0.850. The lowest BCUT2D eigenvalue weighted by Gasteiger charge is -2.18. The van der Waals surface area contributed by atoms with Crippen LogP contribution in [-0.2, 0) is 6.61 Å². The minimum atomic E-state index is -0.0661. The van der Waals surface area contributed by atoms with Crippen LogP contribution >= 0.6 is 11.6 Å². The molecule has 3 nitrogen and oxygen atoms in total. The highest BCUT2D eigenvalue weighted by molar-refractivity contribution is 6.32. The van der Waals surface area contributed by atoms with Gasteiger partial charge in [-0.15, -0.1) is 0 Å². The van der Waals surface area contributed by atoms with Gasteiger partial charge in [-0.3, -0.25) is 0 Å². The molecule has 4 heteroatoms. The maximum absolute atomic E-state index is 9.12. The summed E-state index contributed by atoms with van der Waals surface area (Å²) in [5.74, 6) is 1.14. The molecule has 0 unspecified atom stereocenters. The van der Waals surface area contributed by atoms with Crippen LogP contribution in [0.3, 0.4) is 0 Å². The van der Waals surface area contributed by atoms with E-state index in [1.54, 1.807) is 12.1 Å². The van der Waals surface area contributed by atoms with E-state index in [-0.39, 0.29) is 12.7 Å². The molecule has 17 heavy (non-hydrogen) atoms. The molecule has 0 radical (unpaired) electrons. The predicted molar refractivity (Wildman–Crippen MR) is 68.9 cm³/mol. The molecule has 0 aliphatic carbocycles. The van der Waals surface area contributed by atoms with Crippen LogP contribution in [0.2, 0.25) is 5.02 Å². The second-order valence-electron chi connectivity index (χ2n) is 3.83. The van der Waals surface area contributed by atoms with E-state index in [0.717, 1.165) is 12.0 Å². The number of benzene rings is 1. The van der Waals surface area contributed by atoms with Gasteiger partial charge in [0.2, 0.25) is 0 Å². The average Bonchev–Trinajstić information content (AvgIpc) is 2.33. The number of hydrogen-bond donors (Lipinski definition) is 1. The van der Waals surface area contributed by atoms with Crippen molar-refractivity contribution >= 4 is 11.6 Å². The Labute approximate surface area is 107 Å². The van der Waals surface area contributed by atoms with Gasteiger partial charge in [0.05, 0.1) is 24.3 Å². The Balaban J connectivity index is 3.07. The van der Waals surface area contributed by atoms with Crippen molar-refractivity contribution in [1.29, 1.82) is 0 Å². The van der Waals surface area contributed by atoms with E-state index in [4.69, 9.17) is 26.2 Å². The molecule has 0 amide bonds. The number of aliphatic hydroxyl groups is 1. The fourth-order valence-electron chi connectivity index (χ4n) is 1.37. The van der Waals surface area contributed by atoms with Gasteiger partial charge in [-0.05, 0) is 38.0 Å². The Bertz CT molecular complexity index is 366. The highest BCUT2D eigenvalue weighted by atomic mass is 35.5. The number of ether oxygens (including phenoxy) is 2. The molecule has 0 heterocycles. The standard InChI is InChI=1S/C13H19ClO3/c1-4-9(3)17-13-11(14)6-10(8-15)7-12(13)16-5-2/h6-7,9,15H,4-5,8H2,1-3H3/t9-/m0/s1. The first kappa shape index (κ1) is 14.1. The van der Waals surface area contributed by atoms with Crippen LogP contribution in [-0.4, -0.2) is 17.8 Å². The van der Waals surface area contributed by atoms with Gasteiger partial charge in [-0.2, -0.15) is 0 Å². The van der Waals surface area contributed by atoms with Crippen LogP contribution in [0.4, 0.5) is 0 Å². The molecule has 0 saturated heterocycles. The molecular formula is C13H19ClO3. The van der Waals surface area contributed by atoms with Crippen molar-refractivity contribution in [2.75, 3.05) is 6.61 Å². The topological polar surface area (TPSA) is 38.7 Å². The summed E-state index contributed by atoms with van der Waals surface area (Å²) in [6.07, 6.45) is 0.968. The normalized spacial score (nSPS) is 12.3. The Hall–Kier alpha value is -0.930. The molecule has 96 valence electrons. The average molecular weight is 259 g/mol. The lowest BCUT2D eigenvalue weighted by Crippen LogP contribution is -2.11. The van der Waals surface area contributed by atoms with Crippen molar-refractivity contribution in [2.45, 2.75) is 39.9 Å². The van der Waals surface area contributed by atoms with E-state index >= 15 is 0 Å². The second kappa shape index (κ2) is 6.72. The lowest BCUT2D eigenvalue weighted by molar-refractivity contribution is 0.203. The highest BCUT2D eigenvalue weighted by Crippen LogP contribution is 2.37. The summed E-state index contributed by atoms with van der Waals surface area (Å²) in [4.78, 5) is 0. The van der Waals surface area contributed by atoms with E-state index in [2.05, 4.69) is 0 Å². The molecule has 0 bridgehead atoms. The van der Waals surface area contributed by atoms with Gasteiger partial charge in [0.15, 0.2) is 11.5 Å². The van der Waals surface area contributed by atoms with Crippen LogP contribution in [0.15, 0.2) is 12.1 Å². The van der Waals surface area contributed by atoms with Crippen molar-refractivity contribution in [3.63, 3.8) is 0 Å². The molecule has 0 aliphatic heterocycles. The SMILES string of the molecule is CCOc1cc(CO)cc(Cl)c1O[C@@H](C)CC. The Morgan fingerprint density at radius 2 is 2.06 bits per heavy atom. The van der Waals surface area contributed by atoms with Crippen molar-refractivity contribution in [3.05, 3.63) is 22.7 Å². The molecule has 1 atom stereocenters. The number of hydrogen-bond acceptors (Lipinski definition) is 3. The Morgan fingerprint density at radius 3 is 2.59 bits per heavy atom. The molecule has 0 saturated carbocycles. The first-order valence-electron chi connectivity index (χ1n) is 5.85. The summed E-state index contributed by atoms with van der Waals surface area (Å²) >= 11 is 6.13. The third-order valence-corrected chi connectivity index (χ3v) is 2.73. The Kier molecular flexibility index (Phi) is 5.59. The van der Waals surface area contributed by atoms with E-state index in [1.807, 2.05) is 20.8 Å². The van der Waals surface area contributed by atoms with Gasteiger partial charge in [-0.25, -0.2) is 0 Å². The van der Waals surface area contributed by atoms with Crippen LogP contribution < -0.4 is 9.47 Å². The molecular weight excluding hydrogens is 240 g/mol. The van der Waals surface area contributed by atoms with E-state index in [1.165, 1.54) is 0 Å². The van der Waals surface area contributed by atoms with Crippen LogP contribution in [0.1, 0.15) is 32.8 Å². The monoisotopic (exact) mass is 258 g/mol. The summed E-state index contributed by atoms with van der Waals surface area (Å²) in [5.41, 5.74) is 0.718. The minimum absolute atomic E-state index is 0.0661. The molecule has 1 rings (SSSR count). The number of halogens is 1. The summed E-state index contributed by atoms with van der Waals surface area (Å²) in [6, 6.07) is 3.45. The highest BCUT2D eigenvalue weighted by Gasteiger charge is 2.14. The van der Waals surface area contributed by atoms with Gasteiger partial charge >= 0.3 is 0 Å². The van der Waals surface area contributed by atoms with Gasteiger partial charge < -0.3 is 14.6 Å². The molecule has 1 aromatic rings.